The molecule has 0 aliphatic rings. The summed E-state index contributed by atoms with van der Waals surface area (Å²) in [6, 6.07) is 7.86. The minimum Gasteiger partial charge on any atom is -0.466 e. The lowest BCUT2D eigenvalue weighted by atomic mass is 10.1. The molecule has 33 heavy (non-hydrogen) atoms. The maximum atomic E-state index is 13.3. The monoisotopic (exact) mass is 442 g/mol. The van der Waals surface area contributed by atoms with Crippen molar-refractivity contribution in [1.29, 1.82) is 0 Å². The van der Waals surface area contributed by atoms with Gasteiger partial charge in [-0.3, -0.25) is 4.79 Å². The summed E-state index contributed by atoms with van der Waals surface area (Å²) in [6.07, 6.45) is 5.60. The molecule has 1 amide bonds. The summed E-state index contributed by atoms with van der Waals surface area (Å²) in [7, 11) is 0. The molecule has 0 unspecified atom stereocenters. The number of fused-ring (bicyclic) bond motifs is 2. The third-order valence-electron chi connectivity index (χ3n) is 5.78. The lowest BCUT2D eigenvalue weighted by Crippen LogP contribution is -2.23. The molecule has 0 radical (unpaired) electrons. The average Bonchev–Trinajstić information content (AvgIpc) is 3.47. The van der Waals surface area contributed by atoms with E-state index in [2.05, 4.69) is 15.4 Å². The number of rotatable bonds is 5. The fourth-order valence-corrected chi connectivity index (χ4v) is 4.16. The zero-order valence-electron chi connectivity index (χ0n) is 19.4. The molecule has 5 aromatic rings. The van der Waals surface area contributed by atoms with Crippen LogP contribution in [-0.2, 0) is 6.54 Å². The smallest absolute Gasteiger partial charge is 0.252 e. The van der Waals surface area contributed by atoms with Gasteiger partial charge in [-0.1, -0.05) is 6.07 Å². The second kappa shape index (κ2) is 7.88. The molecule has 0 spiro atoms. The molecule has 5 rings (SSSR count). The first-order valence-corrected chi connectivity index (χ1v) is 11.0. The van der Waals surface area contributed by atoms with Crippen molar-refractivity contribution in [2.45, 2.75) is 47.2 Å². The van der Waals surface area contributed by atoms with Crippen molar-refractivity contribution in [3.05, 3.63) is 71.2 Å². The van der Waals surface area contributed by atoms with Crippen molar-refractivity contribution < 1.29 is 9.21 Å². The normalized spacial score (nSPS) is 11.7. The van der Waals surface area contributed by atoms with E-state index in [0.717, 1.165) is 34.0 Å². The molecule has 0 aliphatic heterocycles. The van der Waals surface area contributed by atoms with Gasteiger partial charge in [0.05, 0.1) is 35.1 Å². The van der Waals surface area contributed by atoms with E-state index < -0.39 is 0 Å². The van der Waals surface area contributed by atoms with Gasteiger partial charge in [-0.25, -0.2) is 14.6 Å². The van der Waals surface area contributed by atoms with E-state index >= 15 is 0 Å². The second-order valence-electron chi connectivity index (χ2n) is 8.64. The fourth-order valence-electron chi connectivity index (χ4n) is 4.16. The number of hydrogen-bond acceptors (Lipinski definition) is 5. The van der Waals surface area contributed by atoms with E-state index in [1.807, 2.05) is 80.4 Å². The number of amides is 1. The number of aromatic nitrogens is 5. The SMILES string of the molecule is Cc1cc(-c2cc(C(=O)NCc3cn4cccc(C)c4n3)c3cnn(C(C)C)c3n2)c(C)o1. The maximum absolute atomic E-state index is 13.3. The van der Waals surface area contributed by atoms with Crippen molar-refractivity contribution in [3.63, 3.8) is 0 Å². The average molecular weight is 443 g/mol. The van der Waals surface area contributed by atoms with Gasteiger partial charge in [-0.15, -0.1) is 0 Å². The predicted molar refractivity (Wildman–Crippen MR) is 126 cm³/mol. The Kier molecular flexibility index (Phi) is 5.00. The van der Waals surface area contributed by atoms with E-state index in [-0.39, 0.29) is 11.9 Å². The first-order valence-electron chi connectivity index (χ1n) is 11.0. The second-order valence-corrected chi connectivity index (χ2v) is 8.64. The molecule has 8 nitrogen and oxygen atoms in total. The van der Waals surface area contributed by atoms with Crippen LogP contribution in [0.5, 0.6) is 0 Å². The van der Waals surface area contributed by atoms with Crippen LogP contribution < -0.4 is 5.32 Å². The van der Waals surface area contributed by atoms with Crippen LogP contribution >= 0.6 is 0 Å². The van der Waals surface area contributed by atoms with Gasteiger partial charge in [0.1, 0.15) is 17.2 Å². The number of carbonyl (C=O) groups is 1. The third kappa shape index (κ3) is 3.67. The fraction of sp³-hybridized carbons (Fsp3) is 0.280. The number of hydrogen-bond donors (Lipinski definition) is 1. The molecule has 0 atom stereocenters. The summed E-state index contributed by atoms with van der Waals surface area (Å²) in [4.78, 5) is 22.8. The highest BCUT2D eigenvalue weighted by molar-refractivity contribution is 6.06. The lowest BCUT2D eigenvalue weighted by molar-refractivity contribution is 0.0952. The number of carbonyl (C=O) groups excluding carboxylic acids is 1. The number of aryl methyl sites for hydroxylation is 3. The highest BCUT2D eigenvalue weighted by atomic mass is 16.3. The molecule has 0 saturated heterocycles. The standard InChI is InChI=1S/C25H26N6O2/c1-14(2)31-24-21(12-27-31)20(10-22(29-24)19-9-16(4)33-17(19)5)25(32)26-11-18-13-30-8-6-7-15(3)23(30)28-18/h6-10,12-14H,11H2,1-5H3,(H,26,32). The summed E-state index contributed by atoms with van der Waals surface area (Å²) >= 11 is 0. The Hall–Kier alpha value is -3.94. The van der Waals surface area contributed by atoms with E-state index in [4.69, 9.17) is 9.40 Å². The Morgan fingerprint density at radius 3 is 2.67 bits per heavy atom. The number of nitrogens with zero attached hydrogens (tertiary/aromatic N) is 5. The Morgan fingerprint density at radius 1 is 1.15 bits per heavy atom. The van der Waals surface area contributed by atoms with E-state index in [1.54, 1.807) is 6.20 Å². The van der Waals surface area contributed by atoms with Crippen LogP contribution in [0.1, 0.15) is 53.0 Å². The molecule has 168 valence electrons. The van der Waals surface area contributed by atoms with E-state index in [0.29, 0.717) is 28.8 Å². The summed E-state index contributed by atoms with van der Waals surface area (Å²) in [6.45, 7) is 10.2. The molecular weight excluding hydrogens is 416 g/mol. The van der Waals surface area contributed by atoms with Crippen LogP contribution in [0, 0.1) is 20.8 Å². The highest BCUT2D eigenvalue weighted by Crippen LogP contribution is 2.30. The molecule has 0 fully saturated rings. The summed E-state index contributed by atoms with van der Waals surface area (Å²) in [5.41, 5.74) is 5.53. The zero-order valence-corrected chi connectivity index (χ0v) is 19.4. The Labute approximate surface area is 191 Å². The first kappa shape index (κ1) is 20.9. The molecule has 0 saturated carbocycles. The molecule has 0 bridgehead atoms. The van der Waals surface area contributed by atoms with Crippen LogP contribution in [0.3, 0.4) is 0 Å². The van der Waals surface area contributed by atoms with Gasteiger partial charge in [0.2, 0.25) is 0 Å². The van der Waals surface area contributed by atoms with Crippen molar-refractivity contribution in [1.82, 2.24) is 29.5 Å². The van der Waals surface area contributed by atoms with Gasteiger partial charge in [0.15, 0.2) is 5.65 Å². The molecule has 5 aromatic heterocycles. The number of imidazole rings is 1. The molecule has 0 aliphatic carbocycles. The molecule has 1 N–H and O–H groups in total. The first-order chi connectivity index (χ1) is 15.8. The highest BCUT2D eigenvalue weighted by Gasteiger charge is 2.20. The van der Waals surface area contributed by atoms with Crippen molar-refractivity contribution in [2.75, 3.05) is 0 Å². The molecule has 0 aromatic carbocycles. The zero-order chi connectivity index (χ0) is 23.3. The Bertz CT molecular complexity index is 1500. The topological polar surface area (TPSA) is 90.2 Å². The summed E-state index contributed by atoms with van der Waals surface area (Å²) in [5, 5.41) is 8.23. The number of pyridine rings is 2. The minimum absolute atomic E-state index is 0.106. The lowest BCUT2D eigenvalue weighted by Gasteiger charge is -2.10. The minimum atomic E-state index is -0.196. The summed E-state index contributed by atoms with van der Waals surface area (Å²) < 4.78 is 9.52. The number of nitrogens with one attached hydrogen (secondary N) is 1. The van der Waals surface area contributed by atoms with Crippen molar-refractivity contribution in [2.24, 2.45) is 0 Å². The quantitative estimate of drug-likeness (QED) is 0.423. The molecule has 5 heterocycles. The third-order valence-corrected chi connectivity index (χ3v) is 5.78. The van der Waals surface area contributed by atoms with Crippen LogP contribution in [0.2, 0.25) is 0 Å². The number of furan rings is 1. The van der Waals surface area contributed by atoms with Gasteiger partial charge in [0, 0.05) is 24.0 Å². The van der Waals surface area contributed by atoms with Gasteiger partial charge in [0.25, 0.3) is 5.91 Å². The summed E-state index contributed by atoms with van der Waals surface area (Å²) in [5.74, 6) is 1.37. The van der Waals surface area contributed by atoms with E-state index in [1.165, 1.54) is 0 Å². The molecular formula is C25H26N6O2. The van der Waals surface area contributed by atoms with Gasteiger partial charge < -0.3 is 14.1 Å². The van der Waals surface area contributed by atoms with Gasteiger partial charge in [-0.05, 0) is 58.4 Å². The Balaban J connectivity index is 1.53. The van der Waals surface area contributed by atoms with Gasteiger partial charge >= 0.3 is 0 Å². The van der Waals surface area contributed by atoms with Crippen LogP contribution in [-0.4, -0.2) is 30.1 Å². The van der Waals surface area contributed by atoms with Crippen LogP contribution in [0.15, 0.2) is 47.3 Å². The Morgan fingerprint density at radius 2 is 1.97 bits per heavy atom. The largest absolute Gasteiger partial charge is 0.466 e. The maximum Gasteiger partial charge on any atom is 0.252 e. The van der Waals surface area contributed by atoms with Crippen molar-refractivity contribution >= 4 is 22.6 Å². The predicted octanol–water partition coefficient (Wildman–Crippen LogP) is 4.78. The van der Waals surface area contributed by atoms with Crippen LogP contribution in [0.25, 0.3) is 27.9 Å². The van der Waals surface area contributed by atoms with Crippen molar-refractivity contribution in [3.8, 4) is 11.3 Å². The van der Waals surface area contributed by atoms with Crippen LogP contribution in [0.4, 0.5) is 0 Å². The van der Waals surface area contributed by atoms with Gasteiger partial charge in [-0.2, -0.15) is 5.10 Å². The van der Waals surface area contributed by atoms with E-state index in [9.17, 15) is 4.79 Å². The molecule has 8 heteroatoms.